The molecular weight excluding hydrogens is 214 g/mol. The zero-order valence-corrected chi connectivity index (χ0v) is 9.58. The number of para-hydroxylation sites is 1. The lowest BCUT2D eigenvalue weighted by molar-refractivity contribution is 0.112. The maximum atomic E-state index is 10.5. The molecular formula is C13H13N3O. The monoisotopic (exact) mass is 227 g/mol. The summed E-state index contributed by atoms with van der Waals surface area (Å²) in [5.74, 6) is 0.601. The van der Waals surface area contributed by atoms with Gasteiger partial charge in [-0.05, 0) is 19.1 Å². The molecule has 0 aliphatic heterocycles. The highest BCUT2D eigenvalue weighted by molar-refractivity contribution is 5.73. The molecule has 0 amide bonds. The van der Waals surface area contributed by atoms with Gasteiger partial charge in [-0.2, -0.15) is 0 Å². The summed E-state index contributed by atoms with van der Waals surface area (Å²) in [6, 6.07) is 9.91. The van der Waals surface area contributed by atoms with E-state index in [1.54, 1.807) is 0 Å². The van der Waals surface area contributed by atoms with Crippen LogP contribution in [0, 0.1) is 0 Å². The molecule has 0 bridgehead atoms. The van der Waals surface area contributed by atoms with Crippen LogP contribution in [-0.4, -0.2) is 22.8 Å². The topological polar surface area (TPSA) is 46.1 Å². The molecule has 4 nitrogen and oxygen atoms in total. The van der Waals surface area contributed by atoms with Gasteiger partial charge >= 0.3 is 0 Å². The number of rotatable bonds is 4. The SMILES string of the molecule is CCN(c1ccccc1)c1ncc(C=O)cn1. The fraction of sp³-hybridized carbons (Fsp3) is 0.154. The third kappa shape index (κ3) is 2.47. The van der Waals surface area contributed by atoms with E-state index in [9.17, 15) is 4.79 Å². The van der Waals surface area contributed by atoms with Crippen molar-refractivity contribution in [3.8, 4) is 0 Å². The standard InChI is InChI=1S/C13H13N3O/c1-2-16(12-6-4-3-5-7-12)13-14-8-11(10-17)9-15-13/h3-10H,2H2,1H3. The number of anilines is 2. The molecule has 0 saturated carbocycles. The van der Waals surface area contributed by atoms with Gasteiger partial charge in [-0.15, -0.1) is 0 Å². The van der Waals surface area contributed by atoms with Gasteiger partial charge in [0.2, 0.25) is 5.95 Å². The van der Waals surface area contributed by atoms with Crippen LogP contribution in [0.1, 0.15) is 17.3 Å². The second-order valence-electron chi connectivity index (χ2n) is 3.51. The highest BCUT2D eigenvalue weighted by atomic mass is 16.1. The molecule has 2 rings (SSSR count). The van der Waals surface area contributed by atoms with Crippen molar-refractivity contribution < 1.29 is 4.79 Å². The van der Waals surface area contributed by atoms with E-state index < -0.39 is 0 Å². The molecule has 2 aromatic rings. The van der Waals surface area contributed by atoms with E-state index >= 15 is 0 Å². The predicted octanol–water partition coefficient (Wildman–Crippen LogP) is 2.45. The first-order chi connectivity index (χ1) is 8.35. The largest absolute Gasteiger partial charge is 0.311 e. The van der Waals surface area contributed by atoms with Gasteiger partial charge in [0.1, 0.15) is 0 Å². The number of carbonyl (C=O) groups excluding carboxylic acids is 1. The van der Waals surface area contributed by atoms with E-state index in [4.69, 9.17) is 0 Å². The quantitative estimate of drug-likeness (QED) is 0.753. The van der Waals surface area contributed by atoms with Gasteiger partial charge in [0.15, 0.2) is 6.29 Å². The number of aldehydes is 1. The Morgan fingerprint density at radius 2 is 1.82 bits per heavy atom. The summed E-state index contributed by atoms with van der Waals surface area (Å²) in [6.45, 7) is 2.80. The van der Waals surface area contributed by atoms with Crippen LogP contribution in [0.25, 0.3) is 0 Å². The molecule has 1 heterocycles. The number of carbonyl (C=O) groups is 1. The van der Waals surface area contributed by atoms with Crippen LogP contribution in [0.5, 0.6) is 0 Å². The Balaban J connectivity index is 2.32. The van der Waals surface area contributed by atoms with Crippen LogP contribution in [0.15, 0.2) is 42.7 Å². The average molecular weight is 227 g/mol. The maximum absolute atomic E-state index is 10.5. The maximum Gasteiger partial charge on any atom is 0.229 e. The fourth-order valence-electron chi connectivity index (χ4n) is 1.58. The van der Waals surface area contributed by atoms with Crippen molar-refractivity contribution in [1.82, 2.24) is 9.97 Å². The Kier molecular flexibility index (Phi) is 3.45. The Morgan fingerprint density at radius 1 is 1.18 bits per heavy atom. The lowest BCUT2D eigenvalue weighted by Gasteiger charge is -2.20. The van der Waals surface area contributed by atoms with Crippen LogP contribution in [0.3, 0.4) is 0 Å². The van der Waals surface area contributed by atoms with Crippen LogP contribution in [0.2, 0.25) is 0 Å². The molecule has 0 atom stereocenters. The molecule has 0 aliphatic rings. The summed E-state index contributed by atoms with van der Waals surface area (Å²) in [7, 11) is 0. The molecule has 0 radical (unpaired) electrons. The van der Waals surface area contributed by atoms with Crippen LogP contribution >= 0.6 is 0 Å². The molecule has 0 spiro atoms. The summed E-state index contributed by atoms with van der Waals surface area (Å²) in [6.07, 6.45) is 3.80. The number of hydrogen-bond donors (Lipinski definition) is 0. The highest BCUT2D eigenvalue weighted by Crippen LogP contribution is 2.20. The summed E-state index contributed by atoms with van der Waals surface area (Å²) < 4.78 is 0. The average Bonchev–Trinajstić information content (AvgIpc) is 2.42. The van der Waals surface area contributed by atoms with Crippen LogP contribution < -0.4 is 4.90 Å². The molecule has 4 heteroatoms. The minimum Gasteiger partial charge on any atom is -0.311 e. The first kappa shape index (κ1) is 11.3. The zero-order valence-electron chi connectivity index (χ0n) is 9.58. The van der Waals surface area contributed by atoms with E-state index in [1.165, 1.54) is 12.4 Å². The van der Waals surface area contributed by atoms with E-state index in [0.29, 0.717) is 11.5 Å². The number of nitrogens with zero attached hydrogens (tertiary/aromatic N) is 3. The van der Waals surface area contributed by atoms with Crippen molar-refractivity contribution in [2.75, 3.05) is 11.4 Å². The summed E-state index contributed by atoms with van der Waals surface area (Å²) >= 11 is 0. The summed E-state index contributed by atoms with van der Waals surface area (Å²) in [4.78, 5) is 20.9. The third-order valence-electron chi connectivity index (χ3n) is 2.42. The molecule has 0 fully saturated rings. The molecule has 0 unspecified atom stereocenters. The van der Waals surface area contributed by atoms with Crippen molar-refractivity contribution in [2.45, 2.75) is 6.92 Å². The smallest absolute Gasteiger partial charge is 0.229 e. The minimum absolute atomic E-state index is 0.484. The van der Waals surface area contributed by atoms with Crippen molar-refractivity contribution in [3.63, 3.8) is 0 Å². The zero-order chi connectivity index (χ0) is 12.1. The minimum atomic E-state index is 0.484. The summed E-state index contributed by atoms with van der Waals surface area (Å²) in [5, 5.41) is 0. The highest BCUT2D eigenvalue weighted by Gasteiger charge is 2.08. The Morgan fingerprint density at radius 3 is 2.35 bits per heavy atom. The van der Waals surface area contributed by atoms with Crippen molar-refractivity contribution in [1.29, 1.82) is 0 Å². The van der Waals surface area contributed by atoms with Gasteiger partial charge in [-0.1, -0.05) is 18.2 Å². The van der Waals surface area contributed by atoms with Gasteiger partial charge in [-0.3, -0.25) is 4.79 Å². The predicted molar refractivity (Wildman–Crippen MR) is 66.5 cm³/mol. The van der Waals surface area contributed by atoms with Gasteiger partial charge in [0.05, 0.1) is 5.56 Å². The molecule has 0 N–H and O–H groups in total. The first-order valence-electron chi connectivity index (χ1n) is 5.45. The Hall–Kier alpha value is -2.23. The van der Waals surface area contributed by atoms with Crippen molar-refractivity contribution in [3.05, 3.63) is 48.3 Å². The van der Waals surface area contributed by atoms with E-state index in [0.717, 1.165) is 18.5 Å². The van der Waals surface area contributed by atoms with Crippen molar-refractivity contribution >= 4 is 17.9 Å². The molecule has 0 aliphatic carbocycles. The first-order valence-corrected chi connectivity index (χ1v) is 5.45. The molecule has 0 saturated heterocycles. The van der Waals surface area contributed by atoms with Gasteiger partial charge in [0, 0.05) is 24.6 Å². The number of hydrogen-bond acceptors (Lipinski definition) is 4. The van der Waals surface area contributed by atoms with Crippen molar-refractivity contribution in [2.24, 2.45) is 0 Å². The number of aromatic nitrogens is 2. The number of benzene rings is 1. The normalized spacial score (nSPS) is 9.94. The van der Waals surface area contributed by atoms with Crippen LogP contribution in [-0.2, 0) is 0 Å². The molecule has 1 aromatic heterocycles. The lowest BCUT2D eigenvalue weighted by atomic mass is 10.3. The Bertz CT molecular complexity index is 482. The third-order valence-corrected chi connectivity index (χ3v) is 2.42. The van der Waals surface area contributed by atoms with Crippen LogP contribution in [0.4, 0.5) is 11.6 Å². The van der Waals surface area contributed by atoms with E-state index in [2.05, 4.69) is 9.97 Å². The van der Waals surface area contributed by atoms with Gasteiger partial charge < -0.3 is 4.90 Å². The van der Waals surface area contributed by atoms with Gasteiger partial charge in [0.25, 0.3) is 0 Å². The molecule has 1 aromatic carbocycles. The molecule has 86 valence electrons. The van der Waals surface area contributed by atoms with Gasteiger partial charge in [-0.25, -0.2) is 9.97 Å². The molecule has 17 heavy (non-hydrogen) atoms. The summed E-state index contributed by atoms with van der Waals surface area (Å²) in [5.41, 5.74) is 1.52. The van der Waals surface area contributed by atoms with E-state index in [1.807, 2.05) is 42.2 Å². The Labute approximate surface area is 99.9 Å². The van der Waals surface area contributed by atoms with E-state index in [-0.39, 0.29) is 0 Å². The second-order valence-corrected chi connectivity index (χ2v) is 3.51. The fourth-order valence-corrected chi connectivity index (χ4v) is 1.58. The second kappa shape index (κ2) is 5.21. The lowest BCUT2D eigenvalue weighted by Crippen LogP contribution is -2.18.